The number of ether oxygens (including phenoxy) is 1. The third kappa shape index (κ3) is 5.09. The molecule has 0 spiro atoms. The second kappa shape index (κ2) is 8.98. The number of nitrogens with one attached hydrogen (secondary N) is 1. The smallest absolute Gasteiger partial charge is 0.260 e. The van der Waals surface area contributed by atoms with Crippen LogP contribution in [0.1, 0.15) is 32.4 Å². The lowest BCUT2D eigenvalue weighted by Gasteiger charge is -2.18. The monoisotopic (exact) mass is 289 g/mol. The van der Waals surface area contributed by atoms with Gasteiger partial charge in [0.15, 0.2) is 6.61 Å². The summed E-state index contributed by atoms with van der Waals surface area (Å²) in [4.78, 5) is 13.6. The Morgan fingerprint density at radius 3 is 2.38 bits per heavy atom. The number of carbonyl (C=O) groups is 1. The van der Waals surface area contributed by atoms with Crippen LogP contribution in [0, 0.1) is 11.3 Å². The molecule has 0 aliphatic carbocycles. The van der Waals surface area contributed by atoms with Gasteiger partial charge in [0.2, 0.25) is 0 Å². The molecule has 1 rings (SSSR count). The Morgan fingerprint density at radius 1 is 1.29 bits per heavy atom. The Labute approximate surface area is 126 Å². The molecule has 1 aromatic carbocycles. The lowest BCUT2D eigenvalue weighted by atomic mass is 10.1. The van der Waals surface area contributed by atoms with Gasteiger partial charge < -0.3 is 9.64 Å². The van der Waals surface area contributed by atoms with Gasteiger partial charge in [-0.2, -0.15) is 5.26 Å². The van der Waals surface area contributed by atoms with Gasteiger partial charge in [0.05, 0.1) is 6.07 Å². The highest BCUT2D eigenvalue weighted by atomic mass is 16.5. The Balaban J connectivity index is 2.59. The van der Waals surface area contributed by atoms with Gasteiger partial charge in [0, 0.05) is 13.1 Å². The molecule has 0 saturated heterocycles. The zero-order valence-corrected chi connectivity index (χ0v) is 12.9. The van der Waals surface area contributed by atoms with Gasteiger partial charge in [-0.3, -0.25) is 10.1 Å². The third-order valence-electron chi connectivity index (χ3n) is 3.23. The van der Waals surface area contributed by atoms with Gasteiger partial charge in [-0.15, -0.1) is 0 Å². The minimum absolute atomic E-state index is 0.0216. The van der Waals surface area contributed by atoms with Crippen LogP contribution in [0.15, 0.2) is 24.3 Å². The van der Waals surface area contributed by atoms with E-state index in [1.54, 1.807) is 17.0 Å². The number of nitriles is 1. The van der Waals surface area contributed by atoms with Gasteiger partial charge in [0.25, 0.3) is 5.91 Å². The van der Waals surface area contributed by atoms with Crippen LogP contribution in [0.3, 0.4) is 0 Å². The van der Waals surface area contributed by atoms with Crippen LogP contribution in [0.25, 0.3) is 0 Å². The molecule has 0 radical (unpaired) electrons. The summed E-state index contributed by atoms with van der Waals surface area (Å²) < 4.78 is 5.49. The van der Waals surface area contributed by atoms with E-state index in [1.165, 1.54) is 0 Å². The molecule has 1 atom stereocenters. The van der Waals surface area contributed by atoms with Gasteiger partial charge in [-0.05, 0) is 38.1 Å². The van der Waals surface area contributed by atoms with Crippen molar-refractivity contribution in [3.63, 3.8) is 0 Å². The number of nitrogens with zero attached hydrogens (tertiary/aromatic N) is 2. The van der Waals surface area contributed by atoms with E-state index in [4.69, 9.17) is 10.00 Å². The highest BCUT2D eigenvalue weighted by Gasteiger charge is 2.11. The first kappa shape index (κ1) is 17.0. The fourth-order valence-corrected chi connectivity index (χ4v) is 2.01. The Bertz CT molecular complexity index is 475. The molecule has 1 aromatic rings. The fourth-order valence-electron chi connectivity index (χ4n) is 2.01. The molecule has 0 heterocycles. The van der Waals surface area contributed by atoms with Crippen molar-refractivity contribution in [3.8, 4) is 11.8 Å². The highest BCUT2D eigenvalue weighted by molar-refractivity contribution is 5.77. The summed E-state index contributed by atoms with van der Waals surface area (Å²) in [7, 11) is 0. The van der Waals surface area contributed by atoms with E-state index < -0.39 is 0 Å². The van der Waals surface area contributed by atoms with Gasteiger partial charge in [0.1, 0.15) is 11.8 Å². The summed E-state index contributed by atoms with van der Waals surface area (Å²) in [5.74, 6) is 0.610. The molecular formula is C16H23N3O2. The molecule has 5 heteroatoms. The number of amides is 1. The number of benzene rings is 1. The number of hydrogen-bond acceptors (Lipinski definition) is 4. The first-order valence-corrected chi connectivity index (χ1v) is 7.29. The molecule has 0 aliphatic heterocycles. The van der Waals surface area contributed by atoms with E-state index in [1.807, 2.05) is 32.9 Å². The molecule has 0 saturated carbocycles. The summed E-state index contributed by atoms with van der Waals surface area (Å²) in [5, 5.41) is 12.2. The van der Waals surface area contributed by atoms with Crippen molar-refractivity contribution in [1.82, 2.24) is 10.2 Å². The predicted octanol–water partition coefficient (Wildman–Crippen LogP) is 2.11. The fraction of sp³-hybridized carbons (Fsp3) is 0.500. The highest BCUT2D eigenvalue weighted by Crippen LogP contribution is 2.17. The number of rotatable bonds is 8. The van der Waals surface area contributed by atoms with Gasteiger partial charge in [-0.1, -0.05) is 19.1 Å². The molecule has 1 unspecified atom stereocenters. The van der Waals surface area contributed by atoms with Crippen molar-refractivity contribution in [2.45, 2.75) is 26.8 Å². The van der Waals surface area contributed by atoms with Crippen LogP contribution in [0.2, 0.25) is 0 Å². The van der Waals surface area contributed by atoms with Crippen molar-refractivity contribution in [2.24, 2.45) is 0 Å². The average Bonchev–Trinajstić information content (AvgIpc) is 2.52. The Kier molecular flexibility index (Phi) is 7.27. The SMILES string of the molecule is CCNC(C#N)c1ccc(OCC(=O)N(CC)CC)cc1. The van der Waals surface area contributed by atoms with Crippen LogP contribution in [0.5, 0.6) is 5.75 Å². The molecule has 0 aliphatic rings. The van der Waals surface area contributed by atoms with Crippen molar-refractivity contribution in [3.05, 3.63) is 29.8 Å². The average molecular weight is 289 g/mol. The van der Waals surface area contributed by atoms with Crippen LogP contribution < -0.4 is 10.1 Å². The molecule has 1 N–H and O–H groups in total. The zero-order chi connectivity index (χ0) is 15.7. The molecule has 1 amide bonds. The summed E-state index contributed by atoms with van der Waals surface area (Å²) >= 11 is 0. The van der Waals surface area contributed by atoms with Gasteiger partial charge >= 0.3 is 0 Å². The predicted molar refractivity (Wildman–Crippen MR) is 81.9 cm³/mol. The van der Waals surface area contributed by atoms with Crippen LogP contribution in [-0.4, -0.2) is 37.0 Å². The minimum atomic E-state index is -0.318. The molecule has 0 fully saturated rings. The Morgan fingerprint density at radius 2 is 1.90 bits per heavy atom. The first-order valence-electron chi connectivity index (χ1n) is 7.29. The van der Waals surface area contributed by atoms with Crippen LogP contribution >= 0.6 is 0 Å². The molecular weight excluding hydrogens is 266 g/mol. The normalized spacial score (nSPS) is 11.5. The van der Waals surface area contributed by atoms with Crippen molar-refractivity contribution in [1.29, 1.82) is 5.26 Å². The topological polar surface area (TPSA) is 65.4 Å². The lowest BCUT2D eigenvalue weighted by Crippen LogP contribution is -2.34. The van der Waals surface area contributed by atoms with Crippen LogP contribution in [-0.2, 0) is 4.79 Å². The number of carbonyl (C=O) groups excluding carboxylic acids is 1. The van der Waals surface area contributed by atoms with E-state index in [0.29, 0.717) is 18.8 Å². The van der Waals surface area contributed by atoms with E-state index >= 15 is 0 Å². The summed E-state index contributed by atoms with van der Waals surface area (Å²) in [5.41, 5.74) is 0.891. The summed E-state index contributed by atoms with van der Waals surface area (Å²) in [6, 6.07) is 9.14. The van der Waals surface area contributed by atoms with Gasteiger partial charge in [-0.25, -0.2) is 0 Å². The van der Waals surface area contributed by atoms with Crippen LogP contribution in [0.4, 0.5) is 0 Å². The first-order chi connectivity index (χ1) is 10.2. The van der Waals surface area contributed by atoms with Crippen molar-refractivity contribution in [2.75, 3.05) is 26.2 Å². The number of likely N-dealkylation sites (N-methyl/N-ethyl adjacent to an activating group) is 1. The largest absolute Gasteiger partial charge is 0.484 e. The maximum Gasteiger partial charge on any atom is 0.260 e. The molecule has 0 bridgehead atoms. The third-order valence-corrected chi connectivity index (χ3v) is 3.23. The second-order valence-corrected chi connectivity index (χ2v) is 4.54. The second-order valence-electron chi connectivity index (χ2n) is 4.54. The lowest BCUT2D eigenvalue weighted by molar-refractivity contribution is -0.132. The maximum atomic E-state index is 11.8. The quantitative estimate of drug-likeness (QED) is 0.796. The van der Waals surface area contributed by atoms with Crippen molar-refractivity contribution >= 4 is 5.91 Å². The summed E-state index contributed by atoms with van der Waals surface area (Å²) in [6.07, 6.45) is 0. The summed E-state index contributed by atoms with van der Waals surface area (Å²) in [6.45, 7) is 7.98. The van der Waals surface area contributed by atoms with Crippen molar-refractivity contribution < 1.29 is 9.53 Å². The van der Waals surface area contributed by atoms with E-state index in [0.717, 1.165) is 12.1 Å². The Hall–Kier alpha value is -2.06. The van der Waals surface area contributed by atoms with E-state index in [-0.39, 0.29) is 18.6 Å². The standard InChI is InChI=1S/C16H23N3O2/c1-4-18-15(11-17)13-7-9-14(10-8-13)21-12-16(20)19(5-2)6-3/h7-10,15,18H,4-6,12H2,1-3H3. The maximum absolute atomic E-state index is 11.8. The minimum Gasteiger partial charge on any atom is -0.484 e. The van der Waals surface area contributed by atoms with E-state index in [9.17, 15) is 4.79 Å². The molecule has 114 valence electrons. The number of hydrogen-bond donors (Lipinski definition) is 1. The molecule has 5 nitrogen and oxygen atoms in total. The van der Waals surface area contributed by atoms with E-state index in [2.05, 4.69) is 11.4 Å². The molecule has 0 aromatic heterocycles. The molecule has 21 heavy (non-hydrogen) atoms. The zero-order valence-electron chi connectivity index (χ0n) is 12.9.